The maximum atomic E-state index is 5.86. The molecule has 1 fully saturated rings. The Kier molecular flexibility index (Phi) is 5.18. The van der Waals surface area contributed by atoms with Crippen LogP contribution >= 0.6 is 11.8 Å². The predicted molar refractivity (Wildman–Crippen MR) is 50.5 cm³/mol. The van der Waals surface area contributed by atoms with Gasteiger partial charge in [-0.1, -0.05) is 13.8 Å². The van der Waals surface area contributed by atoms with Gasteiger partial charge in [0.2, 0.25) is 0 Å². The Hall–Kier alpha value is 0.310. The molecule has 10 heavy (non-hydrogen) atoms. The van der Waals surface area contributed by atoms with Crippen LogP contribution in [-0.2, 0) is 0 Å². The minimum atomic E-state index is 0.158. The van der Waals surface area contributed by atoms with E-state index in [-0.39, 0.29) is 5.54 Å². The van der Waals surface area contributed by atoms with E-state index in [1.54, 1.807) is 0 Å². The third kappa shape index (κ3) is 4.18. The third-order valence-corrected chi connectivity index (χ3v) is 2.62. The Morgan fingerprint density at radius 2 is 1.60 bits per heavy atom. The lowest BCUT2D eigenvalue weighted by atomic mass is 9.97. The van der Waals surface area contributed by atoms with Gasteiger partial charge in [0, 0.05) is 5.54 Å². The van der Waals surface area contributed by atoms with Crippen LogP contribution in [0.5, 0.6) is 0 Å². The van der Waals surface area contributed by atoms with Gasteiger partial charge in [0.25, 0.3) is 0 Å². The van der Waals surface area contributed by atoms with Crippen molar-refractivity contribution in [2.75, 3.05) is 11.5 Å². The molecule has 0 unspecified atom stereocenters. The molecule has 2 heteroatoms. The van der Waals surface area contributed by atoms with Crippen LogP contribution in [0, 0.1) is 0 Å². The average molecular weight is 161 g/mol. The van der Waals surface area contributed by atoms with Gasteiger partial charge in [-0.15, -0.1) is 0 Å². The average Bonchev–Trinajstić information content (AvgIpc) is 1.92. The van der Waals surface area contributed by atoms with Crippen molar-refractivity contribution in [2.45, 2.75) is 39.2 Å². The third-order valence-electron chi connectivity index (χ3n) is 1.64. The molecular weight excluding hydrogens is 142 g/mol. The number of hydrogen-bond acceptors (Lipinski definition) is 2. The van der Waals surface area contributed by atoms with E-state index in [0.717, 1.165) is 0 Å². The fourth-order valence-corrected chi connectivity index (χ4v) is 2.26. The summed E-state index contributed by atoms with van der Waals surface area (Å²) in [6, 6.07) is 0. The summed E-state index contributed by atoms with van der Waals surface area (Å²) in [5, 5.41) is 0. The van der Waals surface area contributed by atoms with Crippen molar-refractivity contribution in [3.05, 3.63) is 0 Å². The summed E-state index contributed by atoms with van der Waals surface area (Å²) in [5.74, 6) is 2.51. The summed E-state index contributed by atoms with van der Waals surface area (Å²) in [5.41, 5.74) is 6.02. The van der Waals surface area contributed by atoms with Gasteiger partial charge in [0.05, 0.1) is 0 Å². The lowest BCUT2D eigenvalue weighted by Crippen LogP contribution is -2.39. The molecule has 0 bridgehead atoms. The van der Waals surface area contributed by atoms with Gasteiger partial charge in [0.15, 0.2) is 0 Å². The topological polar surface area (TPSA) is 26.0 Å². The van der Waals surface area contributed by atoms with Crippen molar-refractivity contribution in [2.24, 2.45) is 5.73 Å². The molecule has 1 rings (SSSR count). The van der Waals surface area contributed by atoms with Crippen LogP contribution in [-0.4, -0.2) is 17.0 Å². The number of thioether (sulfide) groups is 1. The lowest BCUT2D eigenvalue weighted by molar-refractivity contribution is 0.435. The van der Waals surface area contributed by atoms with E-state index in [9.17, 15) is 0 Å². The number of rotatable bonds is 0. The lowest BCUT2D eigenvalue weighted by Gasteiger charge is -2.28. The van der Waals surface area contributed by atoms with Crippen molar-refractivity contribution in [1.29, 1.82) is 0 Å². The van der Waals surface area contributed by atoms with Gasteiger partial charge in [-0.05, 0) is 31.3 Å². The van der Waals surface area contributed by atoms with Gasteiger partial charge < -0.3 is 5.73 Å². The molecule has 0 atom stereocenters. The Labute approximate surface area is 68.8 Å². The van der Waals surface area contributed by atoms with E-state index in [0.29, 0.717) is 0 Å². The smallest absolute Gasteiger partial charge is 0.0141 e. The second-order valence-corrected chi connectivity index (χ2v) is 3.99. The first-order valence-electron chi connectivity index (χ1n) is 4.07. The molecule has 2 N–H and O–H groups in total. The summed E-state index contributed by atoms with van der Waals surface area (Å²) in [6.07, 6.45) is 2.38. The van der Waals surface area contributed by atoms with Crippen LogP contribution in [0.4, 0.5) is 0 Å². The van der Waals surface area contributed by atoms with E-state index in [2.05, 4.69) is 6.92 Å². The molecular formula is C8H19NS. The van der Waals surface area contributed by atoms with Gasteiger partial charge in [-0.25, -0.2) is 0 Å². The summed E-state index contributed by atoms with van der Waals surface area (Å²) >= 11 is 2.02. The molecule has 0 radical (unpaired) electrons. The Morgan fingerprint density at radius 1 is 1.20 bits per heavy atom. The summed E-state index contributed by atoms with van der Waals surface area (Å²) in [7, 11) is 0. The second-order valence-electron chi connectivity index (χ2n) is 2.77. The van der Waals surface area contributed by atoms with Gasteiger partial charge in [-0.3, -0.25) is 0 Å². The molecule has 1 aliphatic rings. The van der Waals surface area contributed by atoms with Crippen LogP contribution in [0.1, 0.15) is 33.6 Å². The van der Waals surface area contributed by atoms with Crippen LogP contribution in [0.25, 0.3) is 0 Å². The van der Waals surface area contributed by atoms with Gasteiger partial charge >= 0.3 is 0 Å². The van der Waals surface area contributed by atoms with Crippen molar-refractivity contribution in [1.82, 2.24) is 0 Å². The molecule has 1 saturated heterocycles. The normalized spacial score (nSPS) is 22.8. The zero-order valence-electron chi connectivity index (χ0n) is 7.31. The van der Waals surface area contributed by atoms with Crippen molar-refractivity contribution in [3.8, 4) is 0 Å². The molecule has 1 aliphatic heterocycles. The van der Waals surface area contributed by atoms with Crippen LogP contribution in [0.2, 0.25) is 0 Å². The molecule has 62 valence electrons. The minimum Gasteiger partial charge on any atom is -0.325 e. The first-order chi connectivity index (χ1) is 4.71. The molecule has 1 heterocycles. The quantitative estimate of drug-likeness (QED) is 0.590. The summed E-state index contributed by atoms with van der Waals surface area (Å²) < 4.78 is 0. The van der Waals surface area contributed by atoms with Crippen LogP contribution in [0.3, 0.4) is 0 Å². The van der Waals surface area contributed by atoms with Crippen LogP contribution < -0.4 is 5.73 Å². The molecule has 0 saturated carbocycles. The Bertz CT molecular complexity index is 73.3. The second kappa shape index (κ2) is 5.03. The molecule has 0 spiro atoms. The summed E-state index contributed by atoms with van der Waals surface area (Å²) in [6.45, 7) is 6.15. The van der Waals surface area contributed by atoms with E-state index in [1.165, 1.54) is 24.3 Å². The standard InChI is InChI=1S/C6H13NS.C2H6/c1-6(7)2-4-8-5-3-6;1-2/h2-5,7H2,1H3;1-2H3. The monoisotopic (exact) mass is 161 g/mol. The highest BCUT2D eigenvalue weighted by Gasteiger charge is 2.20. The highest BCUT2D eigenvalue weighted by atomic mass is 32.2. The maximum Gasteiger partial charge on any atom is 0.0141 e. The maximum absolute atomic E-state index is 5.86. The predicted octanol–water partition coefficient (Wildman–Crippen LogP) is 2.26. The number of hydrogen-bond donors (Lipinski definition) is 1. The van der Waals surface area contributed by atoms with Gasteiger partial charge in [-0.2, -0.15) is 11.8 Å². The van der Waals surface area contributed by atoms with Gasteiger partial charge in [0.1, 0.15) is 0 Å². The fraction of sp³-hybridized carbons (Fsp3) is 1.00. The first-order valence-corrected chi connectivity index (χ1v) is 5.23. The minimum absolute atomic E-state index is 0.158. The Morgan fingerprint density at radius 3 is 1.80 bits per heavy atom. The highest BCUT2D eigenvalue weighted by molar-refractivity contribution is 7.99. The molecule has 0 amide bonds. The van der Waals surface area contributed by atoms with Crippen molar-refractivity contribution < 1.29 is 0 Å². The number of nitrogens with two attached hydrogens (primary N) is 1. The van der Waals surface area contributed by atoms with E-state index >= 15 is 0 Å². The van der Waals surface area contributed by atoms with E-state index in [1.807, 2.05) is 25.6 Å². The molecule has 0 aliphatic carbocycles. The van der Waals surface area contributed by atoms with E-state index in [4.69, 9.17) is 5.73 Å². The Balaban J connectivity index is 0.000000371. The largest absolute Gasteiger partial charge is 0.325 e. The summed E-state index contributed by atoms with van der Waals surface area (Å²) in [4.78, 5) is 0. The molecule has 1 nitrogen and oxygen atoms in total. The molecule has 0 aromatic carbocycles. The van der Waals surface area contributed by atoms with E-state index < -0.39 is 0 Å². The van der Waals surface area contributed by atoms with Crippen LogP contribution in [0.15, 0.2) is 0 Å². The SMILES string of the molecule is CC.CC1(N)CCSCC1. The van der Waals surface area contributed by atoms with Crippen molar-refractivity contribution in [3.63, 3.8) is 0 Å². The highest BCUT2D eigenvalue weighted by Crippen LogP contribution is 2.23. The zero-order valence-corrected chi connectivity index (χ0v) is 8.13. The zero-order chi connectivity index (χ0) is 8.04. The van der Waals surface area contributed by atoms with Crippen molar-refractivity contribution >= 4 is 11.8 Å². The fourth-order valence-electron chi connectivity index (χ4n) is 0.838. The first kappa shape index (κ1) is 10.3. The molecule has 0 aromatic heterocycles. The molecule has 0 aromatic rings.